The fourth-order valence-electron chi connectivity index (χ4n) is 2.17. The number of hydrogen-bond donors (Lipinski definition) is 2. The van der Waals surface area contributed by atoms with Crippen LogP contribution in [0.4, 0.5) is 0 Å². The van der Waals surface area contributed by atoms with E-state index in [4.69, 9.17) is 10.3 Å². The summed E-state index contributed by atoms with van der Waals surface area (Å²) in [6.45, 7) is 3.01. The van der Waals surface area contributed by atoms with Gasteiger partial charge in [-0.05, 0) is 33.6 Å². The molecule has 1 aromatic heterocycles. The van der Waals surface area contributed by atoms with E-state index >= 15 is 0 Å². The Morgan fingerprint density at radius 2 is 2.28 bits per heavy atom. The Labute approximate surface area is 107 Å². The molecular formula is C11H21N5O2. The largest absolute Gasteiger partial charge is 0.382 e. The maximum absolute atomic E-state index is 9.57. The normalized spacial score (nSPS) is 25.0. The maximum Gasteiger partial charge on any atom is 0.256 e. The molecule has 102 valence electrons. The molecule has 0 spiro atoms. The lowest BCUT2D eigenvalue weighted by atomic mass is 10.2. The lowest BCUT2D eigenvalue weighted by Crippen LogP contribution is -2.31. The van der Waals surface area contributed by atoms with Crippen LogP contribution >= 0.6 is 0 Å². The van der Waals surface area contributed by atoms with Crippen LogP contribution in [-0.4, -0.2) is 65.3 Å². The highest BCUT2D eigenvalue weighted by molar-refractivity contribution is 4.98. The van der Waals surface area contributed by atoms with Crippen molar-refractivity contribution in [1.29, 1.82) is 0 Å². The van der Waals surface area contributed by atoms with Crippen molar-refractivity contribution in [2.24, 2.45) is 5.73 Å². The van der Waals surface area contributed by atoms with Gasteiger partial charge in [0.25, 0.3) is 5.89 Å². The maximum atomic E-state index is 9.57. The smallest absolute Gasteiger partial charge is 0.256 e. The molecule has 1 saturated heterocycles. The number of hydrogen-bond acceptors (Lipinski definition) is 7. The Morgan fingerprint density at radius 1 is 1.50 bits per heavy atom. The average molecular weight is 255 g/mol. The molecule has 0 amide bonds. The third-order valence-electron chi connectivity index (χ3n) is 3.33. The van der Waals surface area contributed by atoms with Crippen LogP contribution in [0.15, 0.2) is 4.52 Å². The SMILES string of the molecule is CN1CCCN(C)C(c2noc(C(O)CN)n2)C1. The van der Waals surface area contributed by atoms with Crippen molar-refractivity contribution >= 4 is 0 Å². The van der Waals surface area contributed by atoms with Gasteiger partial charge in [-0.3, -0.25) is 4.90 Å². The van der Waals surface area contributed by atoms with Crippen LogP contribution in [-0.2, 0) is 0 Å². The van der Waals surface area contributed by atoms with Crippen LogP contribution in [0.2, 0.25) is 0 Å². The van der Waals surface area contributed by atoms with E-state index in [9.17, 15) is 5.11 Å². The van der Waals surface area contributed by atoms with Crippen LogP contribution in [0, 0.1) is 0 Å². The van der Waals surface area contributed by atoms with Gasteiger partial charge in [0.15, 0.2) is 5.82 Å². The molecule has 0 radical (unpaired) electrons. The average Bonchev–Trinajstić information content (AvgIpc) is 2.77. The van der Waals surface area contributed by atoms with Crippen molar-refractivity contribution in [2.45, 2.75) is 18.6 Å². The molecule has 0 saturated carbocycles. The van der Waals surface area contributed by atoms with Gasteiger partial charge in [0, 0.05) is 13.1 Å². The molecule has 18 heavy (non-hydrogen) atoms. The quantitative estimate of drug-likeness (QED) is 0.743. The van der Waals surface area contributed by atoms with Gasteiger partial charge in [0.1, 0.15) is 6.10 Å². The summed E-state index contributed by atoms with van der Waals surface area (Å²) in [5.41, 5.74) is 5.37. The third-order valence-corrected chi connectivity index (χ3v) is 3.33. The lowest BCUT2D eigenvalue weighted by molar-refractivity contribution is 0.141. The van der Waals surface area contributed by atoms with Crippen molar-refractivity contribution in [2.75, 3.05) is 40.3 Å². The molecule has 2 unspecified atom stereocenters. The Hall–Kier alpha value is -1.02. The lowest BCUT2D eigenvalue weighted by Gasteiger charge is -2.24. The molecular weight excluding hydrogens is 234 g/mol. The standard InChI is InChI=1S/C11H21N5O2/c1-15-4-3-5-16(2)8(7-15)10-13-11(18-14-10)9(17)6-12/h8-9,17H,3-7,12H2,1-2H3. The predicted molar refractivity (Wildman–Crippen MR) is 65.8 cm³/mol. The summed E-state index contributed by atoms with van der Waals surface area (Å²) in [6.07, 6.45) is 0.250. The van der Waals surface area contributed by atoms with E-state index in [1.54, 1.807) is 0 Å². The third kappa shape index (κ3) is 2.86. The molecule has 0 aromatic carbocycles. The zero-order valence-corrected chi connectivity index (χ0v) is 10.9. The molecule has 7 nitrogen and oxygen atoms in total. The highest BCUT2D eigenvalue weighted by Crippen LogP contribution is 2.21. The van der Waals surface area contributed by atoms with Crippen molar-refractivity contribution in [3.05, 3.63) is 11.7 Å². The van der Waals surface area contributed by atoms with Gasteiger partial charge in [0.2, 0.25) is 0 Å². The minimum absolute atomic E-state index is 0.0854. The van der Waals surface area contributed by atoms with Crippen molar-refractivity contribution in [3.63, 3.8) is 0 Å². The molecule has 2 heterocycles. The minimum atomic E-state index is -0.875. The summed E-state index contributed by atoms with van der Waals surface area (Å²) < 4.78 is 5.06. The summed E-state index contributed by atoms with van der Waals surface area (Å²) in [5, 5.41) is 13.5. The van der Waals surface area contributed by atoms with Gasteiger partial charge in [-0.1, -0.05) is 5.16 Å². The van der Waals surface area contributed by atoms with E-state index in [1.165, 1.54) is 0 Å². The second kappa shape index (κ2) is 5.75. The number of rotatable bonds is 3. The number of nitrogens with two attached hydrogens (primary N) is 1. The first-order chi connectivity index (χ1) is 8.61. The van der Waals surface area contributed by atoms with E-state index in [0.717, 1.165) is 26.1 Å². The number of likely N-dealkylation sites (N-methyl/N-ethyl adjacent to an activating group) is 2. The van der Waals surface area contributed by atoms with E-state index in [-0.39, 0.29) is 18.5 Å². The monoisotopic (exact) mass is 255 g/mol. The summed E-state index contributed by atoms with van der Waals surface area (Å²) in [6, 6.07) is 0.0972. The van der Waals surface area contributed by atoms with E-state index in [2.05, 4.69) is 34.0 Å². The topological polar surface area (TPSA) is 91.7 Å². The molecule has 3 N–H and O–H groups in total. The van der Waals surface area contributed by atoms with Crippen LogP contribution in [0.5, 0.6) is 0 Å². The van der Waals surface area contributed by atoms with Gasteiger partial charge in [-0.15, -0.1) is 0 Å². The minimum Gasteiger partial charge on any atom is -0.382 e. The van der Waals surface area contributed by atoms with Crippen LogP contribution in [0.3, 0.4) is 0 Å². The number of aliphatic hydroxyl groups is 1. The molecule has 7 heteroatoms. The predicted octanol–water partition coefficient (Wildman–Crippen LogP) is -0.630. The molecule has 2 rings (SSSR count). The summed E-state index contributed by atoms with van der Waals surface area (Å²) >= 11 is 0. The molecule has 0 bridgehead atoms. The number of nitrogens with zero attached hydrogens (tertiary/aromatic N) is 4. The molecule has 1 aliphatic rings. The Bertz CT molecular complexity index is 383. The number of aliphatic hydroxyl groups excluding tert-OH is 1. The van der Waals surface area contributed by atoms with E-state index < -0.39 is 6.10 Å². The fraction of sp³-hybridized carbons (Fsp3) is 0.818. The first-order valence-electron chi connectivity index (χ1n) is 6.22. The second-order valence-corrected chi connectivity index (χ2v) is 4.85. The van der Waals surface area contributed by atoms with Crippen LogP contribution < -0.4 is 5.73 Å². The van der Waals surface area contributed by atoms with Crippen molar-refractivity contribution in [3.8, 4) is 0 Å². The molecule has 0 aliphatic carbocycles. The first-order valence-corrected chi connectivity index (χ1v) is 6.22. The van der Waals surface area contributed by atoms with Gasteiger partial charge < -0.3 is 20.3 Å². The Morgan fingerprint density at radius 3 is 3.00 bits per heavy atom. The van der Waals surface area contributed by atoms with Gasteiger partial charge >= 0.3 is 0 Å². The zero-order valence-electron chi connectivity index (χ0n) is 10.9. The fourth-order valence-corrected chi connectivity index (χ4v) is 2.17. The van der Waals surface area contributed by atoms with E-state index in [1.807, 2.05) is 0 Å². The Balaban J connectivity index is 2.15. The summed E-state index contributed by atoms with van der Waals surface area (Å²) in [4.78, 5) is 8.72. The number of aromatic nitrogens is 2. The van der Waals surface area contributed by atoms with E-state index in [0.29, 0.717) is 5.82 Å². The molecule has 1 aromatic rings. The van der Waals surface area contributed by atoms with Crippen molar-refractivity contribution in [1.82, 2.24) is 19.9 Å². The highest BCUT2D eigenvalue weighted by Gasteiger charge is 2.27. The molecule has 2 atom stereocenters. The van der Waals surface area contributed by atoms with Gasteiger partial charge in [-0.2, -0.15) is 4.98 Å². The highest BCUT2D eigenvalue weighted by atomic mass is 16.5. The van der Waals surface area contributed by atoms with Crippen molar-refractivity contribution < 1.29 is 9.63 Å². The van der Waals surface area contributed by atoms with Gasteiger partial charge in [-0.25, -0.2) is 0 Å². The van der Waals surface area contributed by atoms with Crippen LogP contribution in [0.1, 0.15) is 30.3 Å². The first kappa shape index (κ1) is 13.4. The Kier molecular flexibility index (Phi) is 4.28. The van der Waals surface area contributed by atoms with Crippen LogP contribution in [0.25, 0.3) is 0 Å². The van der Waals surface area contributed by atoms with Gasteiger partial charge in [0.05, 0.1) is 6.04 Å². The zero-order chi connectivity index (χ0) is 13.1. The molecule has 1 aliphatic heterocycles. The summed E-state index contributed by atoms with van der Waals surface area (Å²) in [5.74, 6) is 0.821. The molecule has 1 fully saturated rings. The second-order valence-electron chi connectivity index (χ2n) is 4.85. The summed E-state index contributed by atoms with van der Waals surface area (Å²) in [7, 11) is 4.14.